The summed E-state index contributed by atoms with van der Waals surface area (Å²) in [7, 11) is 0. The number of anilines is 1. The number of hydrogen-bond donors (Lipinski definition) is 1. The lowest BCUT2D eigenvalue weighted by Gasteiger charge is -2.16. The van der Waals surface area contributed by atoms with Crippen LogP contribution in [-0.4, -0.2) is 12.2 Å². The van der Waals surface area contributed by atoms with Crippen LogP contribution in [0.15, 0.2) is 16.6 Å². The van der Waals surface area contributed by atoms with E-state index in [2.05, 4.69) is 15.9 Å². The van der Waals surface area contributed by atoms with Gasteiger partial charge in [0.05, 0.1) is 22.4 Å². The van der Waals surface area contributed by atoms with Gasteiger partial charge in [-0.3, -0.25) is 0 Å². The Morgan fingerprint density at radius 2 is 1.50 bits per heavy atom. The van der Waals surface area contributed by atoms with Gasteiger partial charge in [-0.05, 0) is 49.7 Å². The van der Waals surface area contributed by atoms with Crippen LogP contribution in [0.5, 0.6) is 11.5 Å². The third kappa shape index (κ3) is 3.59. The van der Waals surface area contributed by atoms with E-state index in [0.29, 0.717) is 11.4 Å². The van der Waals surface area contributed by atoms with Gasteiger partial charge in [0, 0.05) is 6.07 Å². The Balaban J connectivity index is 3.01. The largest absolute Gasteiger partial charge is 0.490 e. The van der Waals surface area contributed by atoms with Crippen molar-refractivity contribution in [1.29, 1.82) is 0 Å². The quantitative estimate of drug-likeness (QED) is 0.861. The van der Waals surface area contributed by atoms with E-state index < -0.39 is 0 Å². The van der Waals surface area contributed by atoms with Crippen molar-refractivity contribution >= 4 is 21.6 Å². The van der Waals surface area contributed by atoms with Crippen molar-refractivity contribution in [3.63, 3.8) is 0 Å². The van der Waals surface area contributed by atoms with Crippen LogP contribution in [0, 0.1) is 0 Å². The van der Waals surface area contributed by atoms with E-state index in [1.165, 1.54) is 0 Å². The molecule has 0 radical (unpaired) electrons. The highest BCUT2D eigenvalue weighted by molar-refractivity contribution is 9.10. The highest BCUT2D eigenvalue weighted by Gasteiger charge is 2.10. The first kappa shape index (κ1) is 13.2. The molecule has 90 valence electrons. The van der Waals surface area contributed by atoms with E-state index in [1.807, 2.05) is 33.8 Å². The fourth-order valence-corrected chi connectivity index (χ4v) is 1.70. The minimum absolute atomic E-state index is 0.0929. The summed E-state index contributed by atoms with van der Waals surface area (Å²) in [5.41, 5.74) is 6.47. The summed E-state index contributed by atoms with van der Waals surface area (Å²) >= 11 is 3.42. The number of nitrogen functional groups attached to an aromatic ring is 1. The van der Waals surface area contributed by atoms with Crippen molar-refractivity contribution in [1.82, 2.24) is 0 Å². The molecule has 1 aromatic carbocycles. The van der Waals surface area contributed by atoms with E-state index in [-0.39, 0.29) is 12.2 Å². The predicted molar refractivity (Wildman–Crippen MR) is 70.1 cm³/mol. The molecule has 0 aromatic heterocycles. The highest BCUT2D eigenvalue weighted by Crippen LogP contribution is 2.35. The molecular weight excluding hydrogens is 270 g/mol. The third-order valence-corrected chi connectivity index (χ3v) is 2.41. The SMILES string of the molecule is CC(C)Oc1cc(OC(C)C)c(Br)cc1N. The lowest BCUT2D eigenvalue weighted by molar-refractivity contribution is 0.229. The smallest absolute Gasteiger partial charge is 0.146 e. The van der Waals surface area contributed by atoms with Crippen LogP contribution in [0.2, 0.25) is 0 Å². The fraction of sp³-hybridized carbons (Fsp3) is 0.500. The molecule has 0 atom stereocenters. The van der Waals surface area contributed by atoms with E-state index >= 15 is 0 Å². The van der Waals surface area contributed by atoms with Crippen LogP contribution in [-0.2, 0) is 0 Å². The zero-order valence-corrected chi connectivity index (χ0v) is 11.7. The number of nitrogens with two attached hydrogens (primary N) is 1. The molecule has 16 heavy (non-hydrogen) atoms. The summed E-state index contributed by atoms with van der Waals surface area (Å²) in [5.74, 6) is 1.41. The number of ether oxygens (including phenoxy) is 2. The molecule has 1 rings (SSSR count). The van der Waals surface area contributed by atoms with Crippen molar-refractivity contribution in [2.24, 2.45) is 0 Å². The Morgan fingerprint density at radius 3 is 2.00 bits per heavy atom. The highest BCUT2D eigenvalue weighted by atomic mass is 79.9. The number of halogens is 1. The summed E-state index contributed by atoms with van der Waals surface area (Å²) < 4.78 is 12.1. The molecule has 0 aliphatic carbocycles. The van der Waals surface area contributed by atoms with Crippen LogP contribution in [0.25, 0.3) is 0 Å². The molecule has 0 spiro atoms. The molecule has 3 nitrogen and oxygen atoms in total. The van der Waals surface area contributed by atoms with Crippen LogP contribution in [0.4, 0.5) is 5.69 Å². The number of rotatable bonds is 4. The maximum Gasteiger partial charge on any atom is 0.146 e. The van der Waals surface area contributed by atoms with Crippen LogP contribution < -0.4 is 15.2 Å². The van der Waals surface area contributed by atoms with Crippen LogP contribution >= 0.6 is 15.9 Å². The minimum Gasteiger partial charge on any atom is -0.490 e. The van der Waals surface area contributed by atoms with E-state index in [0.717, 1.165) is 10.2 Å². The molecular formula is C12H18BrNO2. The molecule has 0 saturated carbocycles. The second-order valence-electron chi connectivity index (χ2n) is 4.15. The van der Waals surface area contributed by atoms with Gasteiger partial charge in [-0.15, -0.1) is 0 Å². The predicted octanol–water partition coefficient (Wildman–Crippen LogP) is 3.61. The summed E-state index contributed by atoms with van der Waals surface area (Å²) in [6.07, 6.45) is 0.210. The standard InChI is InChI=1S/C12H18BrNO2/c1-7(2)15-11-6-12(16-8(3)4)10(14)5-9(11)13/h5-8H,14H2,1-4H3. The lowest BCUT2D eigenvalue weighted by Crippen LogP contribution is -2.10. The van der Waals surface area contributed by atoms with Crippen molar-refractivity contribution < 1.29 is 9.47 Å². The summed E-state index contributed by atoms with van der Waals surface area (Å²) in [6.45, 7) is 7.88. The molecule has 0 heterocycles. The maximum atomic E-state index is 5.86. The summed E-state index contributed by atoms with van der Waals surface area (Å²) in [5, 5.41) is 0. The van der Waals surface area contributed by atoms with Gasteiger partial charge >= 0.3 is 0 Å². The van der Waals surface area contributed by atoms with Gasteiger partial charge in [0.2, 0.25) is 0 Å². The zero-order chi connectivity index (χ0) is 12.3. The molecule has 4 heteroatoms. The van der Waals surface area contributed by atoms with Gasteiger partial charge in [0.15, 0.2) is 0 Å². The first-order valence-corrected chi connectivity index (χ1v) is 6.11. The Kier molecular flexibility index (Phi) is 4.47. The molecule has 0 fully saturated rings. The second-order valence-corrected chi connectivity index (χ2v) is 5.01. The van der Waals surface area contributed by atoms with Crippen molar-refractivity contribution in [3.05, 3.63) is 16.6 Å². The minimum atomic E-state index is 0.0929. The van der Waals surface area contributed by atoms with E-state index in [1.54, 1.807) is 6.07 Å². The molecule has 0 aliphatic rings. The van der Waals surface area contributed by atoms with Crippen LogP contribution in [0.1, 0.15) is 27.7 Å². The summed E-state index contributed by atoms with van der Waals surface area (Å²) in [4.78, 5) is 0. The van der Waals surface area contributed by atoms with Gasteiger partial charge < -0.3 is 15.2 Å². The van der Waals surface area contributed by atoms with Gasteiger partial charge in [0.25, 0.3) is 0 Å². The van der Waals surface area contributed by atoms with Crippen LogP contribution in [0.3, 0.4) is 0 Å². The normalized spacial score (nSPS) is 10.9. The Morgan fingerprint density at radius 1 is 1.00 bits per heavy atom. The molecule has 0 unspecified atom stereocenters. The van der Waals surface area contributed by atoms with Crippen molar-refractivity contribution in [2.45, 2.75) is 39.9 Å². The molecule has 0 aliphatic heterocycles. The topological polar surface area (TPSA) is 44.5 Å². The summed E-state index contributed by atoms with van der Waals surface area (Å²) in [6, 6.07) is 3.62. The second kappa shape index (κ2) is 5.43. The van der Waals surface area contributed by atoms with E-state index in [4.69, 9.17) is 15.2 Å². The van der Waals surface area contributed by atoms with Gasteiger partial charge in [-0.1, -0.05) is 0 Å². The molecule has 0 saturated heterocycles. The van der Waals surface area contributed by atoms with Crippen molar-refractivity contribution in [3.8, 4) is 11.5 Å². The average molecular weight is 288 g/mol. The van der Waals surface area contributed by atoms with Crippen molar-refractivity contribution in [2.75, 3.05) is 5.73 Å². The average Bonchev–Trinajstić information content (AvgIpc) is 2.11. The fourth-order valence-electron chi connectivity index (χ4n) is 1.25. The zero-order valence-electron chi connectivity index (χ0n) is 10.1. The molecule has 2 N–H and O–H groups in total. The third-order valence-electron chi connectivity index (χ3n) is 1.79. The Labute approximate surface area is 105 Å². The van der Waals surface area contributed by atoms with E-state index in [9.17, 15) is 0 Å². The lowest BCUT2D eigenvalue weighted by atomic mass is 10.2. The Bertz CT molecular complexity index is 333. The van der Waals surface area contributed by atoms with Gasteiger partial charge in [-0.25, -0.2) is 0 Å². The first-order valence-electron chi connectivity index (χ1n) is 5.32. The molecule has 0 bridgehead atoms. The molecule has 0 amide bonds. The molecule has 1 aromatic rings. The first-order chi connectivity index (χ1) is 7.40. The Hall–Kier alpha value is -0.900. The van der Waals surface area contributed by atoms with Gasteiger partial charge in [-0.2, -0.15) is 0 Å². The number of benzene rings is 1. The van der Waals surface area contributed by atoms with Gasteiger partial charge in [0.1, 0.15) is 11.5 Å². The number of hydrogen-bond acceptors (Lipinski definition) is 3. The monoisotopic (exact) mass is 287 g/mol. The maximum absolute atomic E-state index is 5.86.